The number of hydrogen-bond donors (Lipinski definition) is 1. The molecule has 1 aromatic heterocycles. The molecule has 1 atom stereocenters. The summed E-state index contributed by atoms with van der Waals surface area (Å²) < 4.78 is 6.05. The monoisotopic (exact) mass is 421 g/mol. The summed E-state index contributed by atoms with van der Waals surface area (Å²) in [6, 6.07) is 15.1. The van der Waals surface area contributed by atoms with Gasteiger partial charge in [0.15, 0.2) is 0 Å². The van der Waals surface area contributed by atoms with Gasteiger partial charge in [-0.2, -0.15) is 0 Å². The van der Waals surface area contributed by atoms with E-state index in [1.165, 1.54) is 5.56 Å². The molecule has 0 bridgehead atoms. The third-order valence-corrected chi connectivity index (χ3v) is 6.95. The molecule has 166 valence electrons. The summed E-state index contributed by atoms with van der Waals surface area (Å²) >= 11 is 0. The molecular formula is C26H35N3O2. The fourth-order valence-corrected chi connectivity index (χ4v) is 5.35. The number of amides is 1. The highest BCUT2D eigenvalue weighted by Crippen LogP contribution is 2.43. The Balaban J connectivity index is 1.31. The van der Waals surface area contributed by atoms with Crippen molar-refractivity contribution < 1.29 is 9.53 Å². The third kappa shape index (κ3) is 5.34. The number of rotatable bonds is 6. The molecule has 2 aliphatic heterocycles. The molecule has 5 heteroatoms. The fraction of sp³-hybridized carbons (Fsp3) is 0.538. The van der Waals surface area contributed by atoms with Gasteiger partial charge in [-0.25, -0.2) is 0 Å². The summed E-state index contributed by atoms with van der Waals surface area (Å²) in [4.78, 5) is 18.7. The first-order chi connectivity index (χ1) is 15.0. The van der Waals surface area contributed by atoms with Crippen molar-refractivity contribution in [3.05, 3.63) is 66.0 Å². The standard InChI is InChI=1S/C26H35N3O2/c1-25(2)20-26(13-18-31-25,22-8-4-3-5-9-22)12-15-28-23-10-16-29(17-11-23)24(30)21-7-6-14-27-19-21/h3-9,14,19,23,28H,10-13,15-18,20H2,1-2H3. The van der Waals surface area contributed by atoms with Crippen LogP contribution in [0.1, 0.15) is 61.9 Å². The Morgan fingerprint density at radius 1 is 1.16 bits per heavy atom. The summed E-state index contributed by atoms with van der Waals surface area (Å²) in [7, 11) is 0. The van der Waals surface area contributed by atoms with Gasteiger partial charge in [-0.3, -0.25) is 9.78 Å². The number of carbonyl (C=O) groups is 1. The number of nitrogens with one attached hydrogen (secondary N) is 1. The molecule has 3 heterocycles. The second-order valence-corrected chi connectivity index (χ2v) is 9.69. The fourth-order valence-electron chi connectivity index (χ4n) is 5.35. The maximum atomic E-state index is 12.6. The lowest BCUT2D eigenvalue weighted by Crippen LogP contribution is -2.48. The van der Waals surface area contributed by atoms with Gasteiger partial charge in [0.05, 0.1) is 11.2 Å². The first-order valence-electron chi connectivity index (χ1n) is 11.6. The smallest absolute Gasteiger partial charge is 0.255 e. The number of hydrogen-bond acceptors (Lipinski definition) is 4. The van der Waals surface area contributed by atoms with E-state index in [4.69, 9.17) is 4.74 Å². The zero-order valence-corrected chi connectivity index (χ0v) is 18.8. The molecule has 0 saturated carbocycles. The predicted octanol–water partition coefficient (Wildman–Crippen LogP) is 4.19. The van der Waals surface area contributed by atoms with Crippen LogP contribution < -0.4 is 5.32 Å². The molecule has 1 unspecified atom stereocenters. The number of aromatic nitrogens is 1. The van der Waals surface area contributed by atoms with Crippen molar-refractivity contribution in [1.29, 1.82) is 0 Å². The molecule has 2 aliphatic rings. The number of likely N-dealkylation sites (tertiary alicyclic amines) is 1. The highest BCUT2D eigenvalue weighted by Gasteiger charge is 2.41. The Hall–Kier alpha value is -2.24. The molecule has 1 amide bonds. The van der Waals surface area contributed by atoms with Crippen LogP contribution >= 0.6 is 0 Å². The van der Waals surface area contributed by atoms with Crippen molar-refractivity contribution in [2.75, 3.05) is 26.2 Å². The Kier molecular flexibility index (Phi) is 6.73. The summed E-state index contributed by atoms with van der Waals surface area (Å²) in [5.74, 6) is 0.0963. The van der Waals surface area contributed by atoms with E-state index < -0.39 is 0 Å². The zero-order valence-electron chi connectivity index (χ0n) is 18.8. The van der Waals surface area contributed by atoms with Crippen LogP contribution in [0.2, 0.25) is 0 Å². The number of benzene rings is 1. The van der Waals surface area contributed by atoms with Crippen molar-refractivity contribution in [1.82, 2.24) is 15.2 Å². The van der Waals surface area contributed by atoms with E-state index in [0.29, 0.717) is 11.6 Å². The molecule has 0 aliphatic carbocycles. The molecule has 2 saturated heterocycles. The van der Waals surface area contributed by atoms with E-state index in [9.17, 15) is 4.79 Å². The molecular weight excluding hydrogens is 386 g/mol. The van der Waals surface area contributed by atoms with E-state index in [1.54, 1.807) is 12.4 Å². The number of ether oxygens (including phenoxy) is 1. The van der Waals surface area contributed by atoms with E-state index in [-0.39, 0.29) is 16.9 Å². The van der Waals surface area contributed by atoms with Crippen LogP contribution in [0.15, 0.2) is 54.9 Å². The Morgan fingerprint density at radius 2 is 1.94 bits per heavy atom. The maximum absolute atomic E-state index is 12.6. The SMILES string of the molecule is CC1(C)CC(CCNC2CCN(C(=O)c3cccnc3)CC2)(c2ccccc2)CCO1. The first kappa shape index (κ1) is 22.0. The van der Waals surface area contributed by atoms with E-state index >= 15 is 0 Å². The quantitative estimate of drug-likeness (QED) is 0.760. The maximum Gasteiger partial charge on any atom is 0.255 e. The molecule has 5 nitrogen and oxygen atoms in total. The summed E-state index contributed by atoms with van der Waals surface area (Å²) in [6.07, 6.45) is 8.58. The largest absolute Gasteiger partial charge is 0.376 e. The number of nitrogens with zero attached hydrogens (tertiary/aromatic N) is 2. The normalized spacial score (nSPS) is 24.1. The summed E-state index contributed by atoms with van der Waals surface area (Å²) in [5.41, 5.74) is 2.19. The topological polar surface area (TPSA) is 54.5 Å². The minimum Gasteiger partial charge on any atom is -0.376 e. The second kappa shape index (κ2) is 9.49. The highest BCUT2D eigenvalue weighted by molar-refractivity contribution is 5.93. The number of piperidine rings is 1. The zero-order chi connectivity index (χ0) is 21.7. The third-order valence-electron chi connectivity index (χ3n) is 6.95. The Morgan fingerprint density at radius 3 is 2.61 bits per heavy atom. The van der Waals surface area contributed by atoms with E-state index in [1.807, 2.05) is 17.0 Å². The molecule has 1 N–H and O–H groups in total. The van der Waals surface area contributed by atoms with Crippen molar-refractivity contribution in [2.45, 2.75) is 63.0 Å². The predicted molar refractivity (Wildman–Crippen MR) is 123 cm³/mol. The van der Waals surface area contributed by atoms with Gasteiger partial charge in [-0.15, -0.1) is 0 Å². The molecule has 1 aromatic carbocycles. The first-order valence-corrected chi connectivity index (χ1v) is 11.6. The van der Waals surface area contributed by atoms with Gasteiger partial charge in [0.25, 0.3) is 5.91 Å². The number of carbonyl (C=O) groups excluding carboxylic acids is 1. The Bertz CT molecular complexity index is 847. The van der Waals surface area contributed by atoms with Crippen LogP contribution in [-0.2, 0) is 10.2 Å². The molecule has 4 rings (SSSR count). The van der Waals surface area contributed by atoms with Crippen LogP contribution in [0.5, 0.6) is 0 Å². The average molecular weight is 422 g/mol. The molecule has 31 heavy (non-hydrogen) atoms. The minimum absolute atomic E-state index is 0.0912. The van der Waals surface area contributed by atoms with E-state index in [2.05, 4.69) is 54.5 Å². The second-order valence-electron chi connectivity index (χ2n) is 9.69. The van der Waals surface area contributed by atoms with Crippen molar-refractivity contribution in [2.24, 2.45) is 0 Å². The van der Waals surface area contributed by atoms with Gasteiger partial charge in [0.2, 0.25) is 0 Å². The van der Waals surface area contributed by atoms with Gasteiger partial charge >= 0.3 is 0 Å². The average Bonchev–Trinajstić information content (AvgIpc) is 2.80. The number of pyridine rings is 1. The van der Waals surface area contributed by atoms with Crippen molar-refractivity contribution >= 4 is 5.91 Å². The van der Waals surface area contributed by atoms with E-state index in [0.717, 1.165) is 58.3 Å². The van der Waals surface area contributed by atoms with Crippen LogP contribution in [0.25, 0.3) is 0 Å². The molecule has 2 fully saturated rings. The van der Waals surface area contributed by atoms with Gasteiger partial charge in [0.1, 0.15) is 0 Å². The lowest BCUT2D eigenvalue weighted by Gasteiger charge is -2.46. The Labute approximate surface area is 186 Å². The van der Waals surface area contributed by atoms with Crippen molar-refractivity contribution in [3.63, 3.8) is 0 Å². The molecule has 0 radical (unpaired) electrons. The molecule has 2 aromatic rings. The van der Waals surface area contributed by atoms with Gasteiger partial charge in [0, 0.05) is 43.5 Å². The summed E-state index contributed by atoms with van der Waals surface area (Å²) in [6.45, 7) is 7.84. The molecule has 0 spiro atoms. The lowest BCUT2D eigenvalue weighted by atomic mass is 9.67. The van der Waals surface area contributed by atoms with Crippen LogP contribution in [0, 0.1) is 0 Å². The van der Waals surface area contributed by atoms with Crippen molar-refractivity contribution in [3.8, 4) is 0 Å². The highest BCUT2D eigenvalue weighted by atomic mass is 16.5. The van der Waals surface area contributed by atoms with Crippen LogP contribution in [0.3, 0.4) is 0 Å². The lowest BCUT2D eigenvalue weighted by molar-refractivity contribution is -0.0841. The van der Waals surface area contributed by atoms with Gasteiger partial charge < -0.3 is 15.0 Å². The minimum atomic E-state index is -0.0912. The van der Waals surface area contributed by atoms with Crippen LogP contribution in [0.4, 0.5) is 0 Å². The van der Waals surface area contributed by atoms with Gasteiger partial charge in [-0.1, -0.05) is 30.3 Å². The van der Waals surface area contributed by atoms with Gasteiger partial charge in [-0.05, 0) is 70.2 Å². The van der Waals surface area contributed by atoms with Crippen LogP contribution in [-0.4, -0.2) is 53.7 Å². The summed E-state index contributed by atoms with van der Waals surface area (Å²) in [5, 5.41) is 3.80.